The van der Waals surface area contributed by atoms with E-state index in [1.807, 2.05) is 12.1 Å². The molecule has 0 aromatic heterocycles. The summed E-state index contributed by atoms with van der Waals surface area (Å²) >= 11 is 0. The highest BCUT2D eigenvalue weighted by atomic mass is 16.5. The summed E-state index contributed by atoms with van der Waals surface area (Å²) in [5.74, 6) is 1.88. The third-order valence-corrected chi connectivity index (χ3v) is 3.44. The van der Waals surface area contributed by atoms with Crippen LogP contribution in [-0.2, 0) is 0 Å². The first kappa shape index (κ1) is 12.2. The minimum atomic E-state index is 0.355. The van der Waals surface area contributed by atoms with Crippen LogP contribution in [-0.4, -0.2) is 20.8 Å². The Morgan fingerprint density at radius 2 is 2.00 bits per heavy atom. The zero-order chi connectivity index (χ0) is 12.3. The van der Waals surface area contributed by atoms with Crippen molar-refractivity contribution >= 4 is 0 Å². The van der Waals surface area contributed by atoms with E-state index in [1.165, 1.54) is 18.4 Å². The summed E-state index contributed by atoms with van der Waals surface area (Å²) in [5.41, 5.74) is 2.34. The Labute approximate surface area is 103 Å². The van der Waals surface area contributed by atoms with Crippen LogP contribution in [0.4, 0.5) is 0 Å². The zero-order valence-corrected chi connectivity index (χ0v) is 10.9. The van der Waals surface area contributed by atoms with Crippen LogP contribution < -0.4 is 14.8 Å². The van der Waals surface area contributed by atoms with E-state index < -0.39 is 0 Å². The number of benzene rings is 1. The van der Waals surface area contributed by atoms with E-state index in [4.69, 9.17) is 9.47 Å². The van der Waals surface area contributed by atoms with Crippen molar-refractivity contribution in [1.82, 2.24) is 5.32 Å². The lowest BCUT2D eigenvalue weighted by atomic mass is 9.94. The largest absolute Gasteiger partial charge is 0.496 e. The van der Waals surface area contributed by atoms with Gasteiger partial charge in [0.1, 0.15) is 11.5 Å². The van der Waals surface area contributed by atoms with Gasteiger partial charge >= 0.3 is 0 Å². The summed E-state index contributed by atoms with van der Waals surface area (Å²) in [5, 5.41) is 3.55. The molecule has 0 saturated carbocycles. The molecule has 0 aliphatic carbocycles. The second-order valence-electron chi connectivity index (χ2n) is 4.53. The summed E-state index contributed by atoms with van der Waals surface area (Å²) in [6.07, 6.45) is 3.67. The van der Waals surface area contributed by atoms with Crippen LogP contribution in [0.5, 0.6) is 11.5 Å². The van der Waals surface area contributed by atoms with Gasteiger partial charge in [0.25, 0.3) is 0 Å². The maximum Gasteiger partial charge on any atom is 0.130 e. The maximum absolute atomic E-state index is 5.55. The first-order chi connectivity index (χ1) is 8.27. The van der Waals surface area contributed by atoms with Gasteiger partial charge in [-0.15, -0.1) is 0 Å². The molecule has 0 bridgehead atoms. The first-order valence-electron chi connectivity index (χ1n) is 6.22. The molecule has 17 heavy (non-hydrogen) atoms. The lowest BCUT2D eigenvalue weighted by Gasteiger charge is -2.27. The van der Waals surface area contributed by atoms with Crippen LogP contribution in [0.3, 0.4) is 0 Å². The van der Waals surface area contributed by atoms with Crippen molar-refractivity contribution in [3.05, 3.63) is 23.3 Å². The van der Waals surface area contributed by atoms with Gasteiger partial charge in [-0.1, -0.05) is 12.5 Å². The highest BCUT2D eigenvalue weighted by Gasteiger charge is 2.23. The third kappa shape index (κ3) is 2.39. The lowest BCUT2D eigenvalue weighted by molar-refractivity contribution is 0.347. The van der Waals surface area contributed by atoms with Gasteiger partial charge in [-0.05, 0) is 37.9 Å². The second-order valence-corrected chi connectivity index (χ2v) is 4.53. The van der Waals surface area contributed by atoms with Crippen LogP contribution in [0.2, 0.25) is 0 Å². The van der Waals surface area contributed by atoms with Gasteiger partial charge in [0.05, 0.1) is 19.8 Å². The topological polar surface area (TPSA) is 30.5 Å². The number of rotatable bonds is 3. The van der Waals surface area contributed by atoms with E-state index >= 15 is 0 Å². The van der Waals surface area contributed by atoms with Crippen molar-refractivity contribution in [3.8, 4) is 11.5 Å². The summed E-state index contributed by atoms with van der Waals surface area (Å²) in [6, 6.07) is 4.43. The molecule has 1 saturated heterocycles. The van der Waals surface area contributed by atoms with Crippen molar-refractivity contribution in [1.29, 1.82) is 0 Å². The molecule has 1 atom stereocenters. The summed E-state index contributed by atoms with van der Waals surface area (Å²) in [7, 11) is 3.45. The van der Waals surface area contributed by atoms with Crippen LogP contribution in [0.1, 0.15) is 36.4 Å². The monoisotopic (exact) mass is 235 g/mol. The SMILES string of the molecule is COc1ccc(C)c(OC)c1C1CCCCN1. The molecule has 2 rings (SSSR count). The van der Waals surface area contributed by atoms with Gasteiger partial charge in [0.15, 0.2) is 0 Å². The standard InChI is InChI=1S/C14H21NO2/c1-10-7-8-12(16-2)13(14(10)17-3)11-6-4-5-9-15-11/h7-8,11,15H,4-6,9H2,1-3H3. The van der Waals surface area contributed by atoms with Crippen LogP contribution in [0.25, 0.3) is 0 Å². The molecule has 0 radical (unpaired) electrons. The molecule has 1 aromatic rings. The Balaban J connectivity index is 2.43. The smallest absolute Gasteiger partial charge is 0.130 e. The van der Waals surface area contributed by atoms with Crippen LogP contribution >= 0.6 is 0 Å². The molecule has 1 aromatic carbocycles. The van der Waals surface area contributed by atoms with Gasteiger partial charge in [0, 0.05) is 6.04 Å². The fourth-order valence-corrected chi connectivity index (χ4v) is 2.57. The van der Waals surface area contributed by atoms with Crippen molar-refractivity contribution in [2.75, 3.05) is 20.8 Å². The Kier molecular flexibility index (Phi) is 3.89. The Bertz CT molecular complexity index is 384. The van der Waals surface area contributed by atoms with Crippen molar-refractivity contribution in [3.63, 3.8) is 0 Å². The molecule has 1 unspecified atom stereocenters. The molecule has 1 fully saturated rings. The molecule has 3 nitrogen and oxygen atoms in total. The molecule has 0 amide bonds. The quantitative estimate of drug-likeness (QED) is 0.874. The van der Waals surface area contributed by atoms with Crippen LogP contribution in [0, 0.1) is 6.92 Å². The number of piperidine rings is 1. The van der Waals surface area contributed by atoms with Crippen LogP contribution in [0.15, 0.2) is 12.1 Å². The van der Waals surface area contributed by atoms with Crippen molar-refractivity contribution in [2.45, 2.75) is 32.2 Å². The maximum atomic E-state index is 5.55. The number of ether oxygens (including phenoxy) is 2. The molecular formula is C14H21NO2. The van der Waals surface area contributed by atoms with E-state index in [0.717, 1.165) is 30.0 Å². The molecule has 1 aliphatic heterocycles. The number of hydrogen-bond acceptors (Lipinski definition) is 3. The Hall–Kier alpha value is -1.22. The van der Waals surface area contributed by atoms with E-state index in [-0.39, 0.29) is 0 Å². The van der Waals surface area contributed by atoms with Gasteiger partial charge in [0.2, 0.25) is 0 Å². The fraction of sp³-hybridized carbons (Fsp3) is 0.571. The van der Waals surface area contributed by atoms with E-state index in [1.54, 1.807) is 14.2 Å². The molecule has 1 N–H and O–H groups in total. The first-order valence-corrected chi connectivity index (χ1v) is 6.22. The number of methoxy groups -OCH3 is 2. The van der Waals surface area contributed by atoms with Gasteiger partial charge in [-0.2, -0.15) is 0 Å². The summed E-state index contributed by atoms with van der Waals surface area (Å²) in [6.45, 7) is 3.15. The fourth-order valence-electron chi connectivity index (χ4n) is 2.57. The highest BCUT2D eigenvalue weighted by molar-refractivity contribution is 5.51. The average molecular weight is 235 g/mol. The Morgan fingerprint density at radius 1 is 1.18 bits per heavy atom. The number of nitrogens with one attached hydrogen (secondary N) is 1. The normalized spacial score (nSPS) is 20.1. The van der Waals surface area contributed by atoms with Crippen molar-refractivity contribution in [2.24, 2.45) is 0 Å². The predicted molar refractivity (Wildman–Crippen MR) is 68.9 cm³/mol. The highest BCUT2D eigenvalue weighted by Crippen LogP contribution is 2.39. The zero-order valence-electron chi connectivity index (χ0n) is 10.9. The minimum absolute atomic E-state index is 0.355. The molecule has 3 heteroatoms. The average Bonchev–Trinajstić information content (AvgIpc) is 2.39. The number of hydrogen-bond donors (Lipinski definition) is 1. The third-order valence-electron chi connectivity index (χ3n) is 3.44. The van der Waals surface area contributed by atoms with Gasteiger partial charge in [-0.25, -0.2) is 0 Å². The lowest BCUT2D eigenvalue weighted by Crippen LogP contribution is -2.27. The number of aryl methyl sites for hydroxylation is 1. The van der Waals surface area contributed by atoms with Gasteiger partial charge < -0.3 is 14.8 Å². The summed E-state index contributed by atoms with van der Waals surface area (Å²) < 4.78 is 11.0. The van der Waals surface area contributed by atoms with E-state index in [2.05, 4.69) is 12.2 Å². The van der Waals surface area contributed by atoms with E-state index in [9.17, 15) is 0 Å². The van der Waals surface area contributed by atoms with E-state index in [0.29, 0.717) is 6.04 Å². The Morgan fingerprint density at radius 3 is 2.59 bits per heavy atom. The molecule has 1 heterocycles. The molecule has 94 valence electrons. The second kappa shape index (κ2) is 5.41. The molecule has 0 spiro atoms. The van der Waals surface area contributed by atoms with Gasteiger partial charge in [-0.3, -0.25) is 0 Å². The van der Waals surface area contributed by atoms with Crippen molar-refractivity contribution < 1.29 is 9.47 Å². The minimum Gasteiger partial charge on any atom is -0.496 e. The predicted octanol–water partition coefficient (Wildman–Crippen LogP) is 2.83. The molecular weight excluding hydrogens is 214 g/mol. The summed E-state index contributed by atoms with van der Waals surface area (Å²) in [4.78, 5) is 0. The molecule has 1 aliphatic rings.